The fourth-order valence-corrected chi connectivity index (χ4v) is 1.95. The van der Waals surface area contributed by atoms with Crippen LogP contribution in [0.1, 0.15) is 15.9 Å². The van der Waals surface area contributed by atoms with E-state index in [1.807, 2.05) is 0 Å². The van der Waals surface area contributed by atoms with Gasteiger partial charge in [0.1, 0.15) is 5.56 Å². The number of carboxylic acids is 1. The van der Waals surface area contributed by atoms with Crippen LogP contribution < -0.4 is 5.43 Å². The lowest BCUT2D eigenvalue weighted by Gasteiger charge is -2.12. The van der Waals surface area contributed by atoms with Crippen molar-refractivity contribution < 1.29 is 23.1 Å². The number of rotatable bonds is 2. The number of terminal acetylenes is 1. The summed E-state index contributed by atoms with van der Waals surface area (Å²) in [5.74, 6) is 0.741. The predicted octanol–water partition coefficient (Wildman–Crippen LogP) is 2.35. The number of halogens is 3. The van der Waals surface area contributed by atoms with Crippen LogP contribution in [0.5, 0.6) is 0 Å². The maximum absolute atomic E-state index is 12.7. The van der Waals surface area contributed by atoms with Gasteiger partial charge >= 0.3 is 12.1 Å². The molecule has 21 heavy (non-hydrogen) atoms. The number of alkyl halides is 3. The lowest BCUT2D eigenvalue weighted by atomic mass is 10.1. The molecule has 0 aliphatic carbocycles. The molecule has 0 amide bonds. The molecule has 0 fully saturated rings. The summed E-state index contributed by atoms with van der Waals surface area (Å²) in [7, 11) is 0. The minimum atomic E-state index is -4.57. The Morgan fingerprint density at radius 2 is 2.05 bits per heavy atom. The molecule has 4 nitrogen and oxygen atoms in total. The van der Waals surface area contributed by atoms with Crippen LogP contribution in [-0.4, -0.2) is 15.6 Å². The zero-order chi connectivity index (χ0) is 15.8. The third-order valence-corrected chi connectivity index (χ3v) is 2.90. The standard InChI is InChI=1S/C14H8F3NO3/c1-2-5-18-7-10(13(20)21)12(19)9-4-3-8(6-11(9)18)14(15,16)17/h1,3-4,6-7H,5H2,(H,20,21). The van der Waals surface area contributed by atoms with Gasteiger partial charge in [-0.25, -0.2) is 4.79 Å². The molecule has 1 aromatic heterocycles. The van der Waals surface area contributed by atoms with Crippen molar-refractivity contribution in [2.24, 2.45) is 0 Å². The number of carbonyl (C=O) groups is 1. The van der Waals surface area contributed by atoms with E-state index in [0.29, 0.717) is 0 Å². The predicted molar refractivity (Wildman–Crippen MR) is 69.0 cm³/mol. The van der Waals surface area contributed by atoms with Gasteiger partial charge in [-0.1, -0.05) is 5.92 Å². The van der Waals surface area contributed by atoms with Crippen molar-refractivity contribution in [3.8, 4) is 12.3 Å². The van der Waals surface area contributed by atoms with E-state index in [0.717, 1.165) is 29.0 Å². The van der Waals surface area contributed by atoms with Gasteiger partial charge in [-0.3, -0.25) is 4.79 Å². The first-order valence-corrected chi connectivity index (χ1v) is 5.67. The fourth-order valence-electron chi connectivity index (χ4n) is 1.95. The summed E-state index contributed by atoms with van der Waals surface area (Å²) >= 11 is 0. The Hall–Kier alpha value is -2.75. The molecule has 0 aliphatic rings. The van der Waals surface area contributed by atoms with Crippen molar-refractivity contribution in [2.45, 2.75) is 12.7 Å². The summed E-state index contributed by atoms with van der Waals surface area (Å²) < 4.78 is 39.3. The first-order chi connectivity index (χ1) is 9.75. The normalized spacial score (nSPS) is 11.3. The van der Waals surface area contributed by atoms with E-state index in [9.17, 15) is 22.8 Å². The van der Waals surface area contributed by atoms with Crippen LogP contribution in [0.4, 0.5) is 13.2 Å². The molecule has 0 atom stereocenters. The van der Waals surface area contributed by atoms with E-state index in [4.69, 9.17) is 11.5 Å². The fraction of sp³-hybridized carbons (Fsp3) is 0.143. The van der Waals surface area contributed by atoms with E-state index in [-0.39, 0.29) is 17.4 Å². The summed E-state index contributed by atoms with van der Waals surface area (Å²) in [5, 5.41) is 8.83. The SMILES string of the molecule is C#CCn1cc(C(=O)O)c(=O)c2ccc(C(F)(F)F)cc21. The molecular formula is C14H8F3NO3. The van der Waals surface area contributed by atoms with Gasteiger partial charge in [0.15, 0.2) is 0 Å². The zero-order valence-electron chi connectivity index (χ0n) is 10.4. The second-order valence-corrected chi connectivity index (χ2v) is 4.24. The summed E-state index contributed by atoms with van der Waals surface area (Å²) in [5.41, 5.74) is -2.39. The summed E-state index contributed by atoms with van der Waals surface area (Å²) in [4.78, 5) is 23.0. The molecule has 0 spiro atoms. The average Bonchev–Trinajstić information content (AvgIpc) is 2.40. The molecule has 0 saturated carbocycles. The number of fused-ring (bicyclic) bond motifs is 1. The Balaban J connectivity index is 2.88. The second kappa shape index (κ2) is 4.98. The number of aromatic carboxylic acids is 1. The molecule has 7 heteroatoms. The molecule has 0 radical (unpaired) electrons. The van der Waals surface area contributed by atoms with Gasteiger partial charge in [0.05, 0.1) is 17.6 Å². The van der Waals surface area contributed by atoms with E-state index >= 15 is 0 Å². The first-order valence-electron chi connectivity index (χ1n) is 5.67. The molecule has 1 N–H and O–H groups in total. The van der Waals surface area contributed by atoms with Crippen LogP contribution in [0.15, 0.2) is 29.2 Å². The van der Waals surface area contributed by atoms with E-state index in [2.05, 4.69) is 5.92 Å². The maximum atomic E-state index is 12.7. The average molecular weight is 295 g/mol. The number of benzene rings is 1. The topological polar surface area (TPSA) is 59.3 Å². The molecule has 1 aromatic carbocycles. The van der Waals surface area contributed by atoms with Gasteiger partial charge in [0.2, 0.25) is 5.43 Å². The molecule has 108 valence electrons. The van der Waals surface area contributed by atoms with Crippen molar-refractivity contribution in [2.75, 3.05) is 0 Å². The van der Waals surface area contributed by atoms with Crippen molar-refractivity contribution in [1.82, 2.24) is 4.57 Å². The van der Waals surface area contributed by atoms with Crippen molar-refractivity contribution >= 4 is 16.9 Å². The largest absolute Gasteiger partial charge is 0.477 e. The van der Waals surface area contributed by atoms with Crippen LogP contribution in [0.2, 0.25) is 0 Å². The van der Waals surface area contributed by atoms with E-state index in [1.165, 1.54) is 0 Å². The quantitative estimate of drug-likeness (QED) is 0.865. The van der Waals surface area contributed by atoms with Gasteiger partial charge in [0, 0.05) is 11.6 Å². The Labute approximate surface area is 116 Å². The van der Waals surface area contributed by atoms with Crippen molar-refractivity contribution in [3.05, 3.63) is 45.7 Å². The second-order valence-electron chi connectivity index (χ2n) is 4.24. The van der Waals surface area contributed by atoms with Crippen LogP contribution in [0.25, 0.3) is 10.9 Å². The van der Waals surface area contributed by atoms with Crippen LogP contribution in [0, 0.1) is 12.3 Å². The highest BCUT2D eigenvalue weighted by Crippen LogP contribution is 2.30. The van der Waals surface area contributed by atoms with Gasteiger partial charge in [-0.05, 0) is 18.2 Å². The summed E-state index contributed by atoms with van der Waals surface area (Å²) in [6.45, 7) is -0.154. The van der Waals surface area contributed by atoms with Crippen LogP contribution in [-0.2, 0) is 12.7 Å². The number of nitrogens with zero attached hydrogens (tertiary/aromatic N) is 1. The molecule has 1 heterocycles. The van der Waals surface area contributed by atoms with Crippen molar-refractivity contribution in [1.29, 1.82) is 0 Å². The van der Waals surface area contributed by atoms with Gasteiger partial charge in [-0.2, -0.15) is 13.2 Å². The van der Waals surface area contributed by atoms with E-state index < -0.39 is 28.7 Å². The molecule has 0 aliphatic heterocycles. The Morgan fingerprint density at radius 1 is 1.38 bits per heavy atom. The number of pyridine rings is 1. The third kappa shape index (κ3) is 2.60. The van der Waals surface area contributed by atoms with Gasteiger partial charge in [-0.15, -0.1) is 6.42 Å². The molecule has 0 bridgehead atoms. The first kappa shape index (κ1) is 14.7. The minimum absolute atomic E-state index is 0.0576. The lowest BCUT2D eigenvalue weighted by Crippen LogP contribution is -2.19. The third-order valence-electron chi connectivity index (χ3n) is 2.90. The Bertz CT molecular complexity index is 828. The van der Waals surface area contributed by atoms with Crippen molar-refractivity contribution in [3.63, 3.8) is 0 Å². The lowest BCUT2D eigenvalue weighted by molar-refractivity contribution is -0.137. The monoisotopic (exact) mass is 295 g/mol. The molecule has 2 rings (SSSR count). The highest BCUT2D eigenvalue weighted by atomic mass is 19.4. The van der Waals surface area contributed by atoms with Crippen LogP contribution >= 0.6 is 0 Å². The number of hydrogen-bond donors (Lipinski definition) is 1. The maximum Gasteiger partial charge on any atom is 0.416 e. The minimum Gasteiger partial charge on any atom is -0.477 e. The summed E-state index contributed by atoms with van der Waals surface area (Å²) in [6.07, 6.45) is 1.50. The highest BCUT2D eigenvalue weighted by molar-refractivity contribution is 5.92. The number of hydrogen-bond acceptors (Lipinski definition) is 2. The van der Waals surface area contributed by atoms with Gasteiger partial charge in [0.25, 0.3) is 0 Å². The molecule has 2 aromatic rings. The number of carboxylic acid groups (broad SMARTS) is 1. The summed E-state index contributed by atoms with van der Waals surface area (Å²) in [6, 6.07) is 2.47. The molecule has 0 saturated heterocycles. The van der Waals surface area contributed by atoms with Gasteiger partial charge < -0.3 is 9.67 Å². The zero-order valence-corrected chi connectivity index (χ0v) is 10.4. The Kier molecular flexibility index (Phi) is 3.47. The molecular weight excluding hydrogens is 287 g/mol. The molecule has 0 unspecified atom stereocenters. The Morgan fingerprint density at radius 3 is 2.57 bits per heavy atom. The smallest absolute Gasteiger partial charge is 0.416 e. The highest BCUT2D eigenvalue weighted by Gasteiger charge is 2.31. The number of aromatic nitrogens is 1. The van der Waals surface area contributed by atoms with Crippen LogP contribution in [0.3, 0.4) is 0 Å². The van der Waals surface area contributed by atoms with E-state index in [1.54, 1.807) is 0 Å².